The Morgan fingerprint density at radius 1 is 1.36 bits per heavy atom. The maximum absolute atomic E-state index is 5.34. The van der Waals surface area contributed by atoms with Crippen molar-refractivity contribution in [1.29, 1.82) is 0 Å². The average Bonchev–Trinajstić information content (AvgIpc) is 2.25. The molecule has 3 heteroatoms. The lowest BCUT2D eigenvalue weighted by atomic mass is 10.2. The van der Waals surface area contributed by atoms with E-state index >= 15 is 0 Å². The van der Waals surface area contributed by atoms with Crippen molar-refractivity contribution in [2.24, 2.45) is 0 Å². The van der Waals surface area contributed by atoms with Crippen LogP contribution in [-0.2, 0) is 4.74 Å². The Labute approximate surface area is 87.6 Å². The maximum atomic E-state index is 5.34. The highest BCUT2D eigenvalue weighted by molar-refractivity contribution is 4.71. The summed E-state index contributed by atoms with van der Waals surface area (Å²) in [6.45, 7) is 6.86. The summed E-state index contributed by atoms with van der Waals surface area (Å²) in [6, 6.07) is 0.398. The fourth-order valence-corrected chi connectivity index (χ4v) is 1.64. The molecule has 1 heterocycles. The van der Waals surface area contributed by atoms with Gasteiger partial charge in [-0.05, 0) is 13.0 Å². The molecule has 0 aliphatic carbocycles. The number of hydrogen-bond acceptors (Lipinski definition) is 2. The number of rotatable bonds is 7. The fraction of sp³-hybridized carbons (Fsp3) is 1.00. The molecule has 3 nitrogen and oxygen atoms in total. The van der Waals surface area contributed by atoms with Crippen molar-refractivity contribution in [3.8, 4) is 0 Å². The minimum Gasteiger partial charge on any atom is -0.378 e. The Morgan fingerprint density at radius 2 is 2.29 bits per heavy atom. The van der Waals surface area contributed by atoms with Crippen molar-refractivity contribution >= 4 is 0 Å². The standard InChI is InChI=1S/C11H23N2O/c1-2-3-4-5-6-12-9-11-10-14-8-7-13-11/h11-12H,2-10H2,1H3. The summed E-state index contributed by atoms with van der Waals surface area (Å²) in [4.78, 5) is 0. The van der Waals surface area contributed by atoms with E-state index in [1.807, 2.05) is 0 Å². The highest BCUT2D eigenvalue weighted by Gasteiger charge is 2.12. The van der Waals surface area contributed by atoms with E-state index in [4.69, 9.17) is 4.74 Å². The van der Waals surface area contributed by atoms with E-state index in [-0.39, 0.29) is 0 Å². The summed E-state index contributed by atoms with van der Waals surface area (Å²) >= 11 is 0. The number of hydrogen-bond donors (Lipinski definition) is 1. The topological polar surface area (TPSA) is 35.4 Å². The zero-order valence-corrected chi connectivity index (χ0v) is 9.30. The Balaban J connectivity index is 1.82. The van der Waals surface area contributed by atoms with Gasteiger partial charge in [-0.3, -0.25) is 0 Å². The molecule has 14 heavy (non-hydrogen) atoms. The predicted octanol–water partition coefficient (Wildman–Crippen LogP) is 1.16. The van der Waals surface area contributed by atoms with Crippen molar-refractivity contribution in [1.82, 2.24) is 10.6 Å². The second-order valence-electron chi connectivity index (χ2n) is 3.90. The van der Waals surface area contributed by atoms with Gasteiger partial charge < -0.3 is 10.1 Å². The van der Waals surface area contributed by atoms with E-state index in [2.05, 4.69) is 17.6 Å². The first-order valence-electron chi connectivity index (χ1n) is 5.88. The third kappa shape index (κ3) is 5.58. The van der Waals surface area contributed by atoms with Crippen LogP contribution < -0.4 is 10.6 Å². The molecule has 83 valence electrons. The molecular formula is C11H23N2O. The molecule has 0 spiro atoms. The molecule has 0 aromatic carbocycles. The lowest BCUT2D eigenvalue weighted by Crippen LogP contribution is -2.43. The van der Waals surface area contributed by atoms with Gasteiger partial charge in [0.05, 0.1) is 19.3 Å². The van der Waals surface area contributed by atoms with Crippen LogP contribution in [-0.4, -0.2) is 38.9 Å². The molecule has 1 fully saturated rings. The smallest absolute Gasteiger partial charge is 0.0649 e. The number of nitrogens with zero attached hydrogens (tertiary/aromatic N) is 1. The van der Waals surface area contributed by atoms with Gasteiger partial charge in [0, 0.05) is 13.1 Å². The first kappa shape index (κ1) is 12.0. The molecule has 0 amide bonds. The van der Waals surface area contributed by atoms with Gasteiger partial charge >= 0.3 is 0 Å². The zero-order chi connectivity index (χ0) is 10.1. The highest BCUT2D eigenvalue weighted by atomic mass is 16.5. The SMILES string of the molecule is CCCCCCNCC1COCC[N]1. The summed E-state index contributed by atoms with van der Waals surface area (Å²) < 4.78 is 5.34. The fourth-order valence-electron chi connectivity index (χ4n) is 1.64. The second kappa shape index (κ2) is 8.21. The largest absolute Gasteiger partial charge is 0.378 e. The molecule has 0 aromatic rings. The van der Waals surface area contributed by atoms with E-state index in [1.54, 1.807) is 0 Å². The minimum atomic E-state index is 0.398. The minimum absolute atomic E-state index is 0.398. The van der Waals surface area contributed by atoms with Crippen LogP contribution in [0.3, 0.4) is 0 Å². The van der Waals surface area contributed by atoms with Gasteiger partial charge in [0.1, 0.15) is 0 Å². The Hall–Kier alpha value is -0.120. The molecule has 0 aromatic heterocycles. The summed E-state index contributed by atoms with van der Waals surface area (Å²) in [5.74, 6) is 0. The van der Waals surface area contributed by atoms with E-state index in [1.165, 1.54) is 25.7 Å². The van der Waals surface area contributed by atoms with Crippen LogP contribution in [0.2, 0.25) is 0 Å². The van der Waals surface area contributed by atoms with Crippen molar-refractivity contribution in [2.45, 2.75) is 38.6 Å². The first-order valence-corrected chi connectivity index (χ1v) is 5.88. The van der Waals surface area contributed by atoms with Crippen LogP contribution >= 0.6 is 0 Å². The molecule has 1 N–H and O–H groups in total. The summed E-state index contributed by atoms with van der Waals surface area (Å²) in [5.41, 5.74) is 0. The van der Waals surface area contributed by atoms with Gasteiger partial charge in [-0.25, -0.2) is 5.32 Å². The number of morpholine rings is 1. The van der Waals surface area contributed by atoms with Crippen LogP contribution in [0.5, 0.6) is 0 Å². The number of nitrogens with one attached hydrogen (secondary N) is 1. The number of ether oxygens (including phenoxy) is 1. The third-order valence-corrected chi connectivity index (χ3v) is 2.52. The van der Waals surface area contributed by atoms with Crippen molar-refractivity contribution in [3.05, 3.63) is 0 Å². The van der Waals surface area contributed by atoms with E-state index in [0.29, 0.717) is 6.04 Å². The van der Waals surface area contributed by atoms with Gasteiger partial charge in [0.25, 0.3) is 0 Å². The molecular weight excluding hydrogens is 176 g/mol. The molecule has 1 aliphatic heterocycles. The van der Waals surface area contributed by atoms with Crippen molar-refractivity contribution < 1.29 is 4.74 Å². The quantitative estimate of drug-likeness (QED) is 0.624. The summed E-state index contributed by atoms with van der Waals surface area (Å²) in [5, 5.41) is 7.92. The lowest BCUT2D eigenvalue weighted by molar-refractivity contribution is 0.0744. The summed E-state index contributed by atoms with van der Waals surface area (Å²) in [7, 11) is 0. The van der Waals surface area contributed by atoms with Gasteiger partial charge in [-0.2, -0.15) is 0 Å². The van der Waals surface area contributed by atoms with Gasteiger partial charge in [-0.15, -0.1) is 0 Å². The molecule has 1 atom stereocenters. The molecule has 0 bridgehead atoms. The van der Waals surface area contributed by atoms with Crippen LogP contribution in [0, 0.1) is 0 Å². The van der Waals surface area contributed by atoms with E-state index in [9.17, 15) is 0 Å². The van der Waals surface area contributed by atoms with Gasteiger partial charge in [0.2, 0.25) is 0 Å². The Kier molecular flexibility index (Phi) is 7.01. The lowest BCUT2D eigenvalue weighted by Gasteiger charge is -2.22. The number of unbranched alkanes of at least 4 members (excludes halogenated alkanes) is 3. The molecule has 1 radical (unpaired) electrons. The normalized spacial score (nSPS) is 22.5. The van der Waals surface area contributed by atoms with Crippen molar-refractivity contribution in [2.75, 3.05) is 32.8 Å². The molecule has 0 saturated carbocycles. The molecule has 1 aliphatic rings. The highest BCUT2D eigenvalue weighted by Crippen LogP contribution is 1.97. The zero-order valence-electron chi connectivity index (χ0n) is 9.30. The maximum Gasteiger partial charge on any atom is 0.0649 e. The predicted molar refractivity (Wildman–Crippen MR) is 58.6 cm³/mol. The van der Waals surface area contributed by atoms with Crippen LogP contribution in [0.4, 0.5) is 0 Å². The summed E-state index contributed by atoms with van der Waals surface area (Å²) in [6.07, 6.45) is 5.31. The average molecular weight is 199 g/mol. The Morgan fingerprint density at radius 3 is 3.00 bits per heavy atom. The molecule has 1 rings (SSSR count). The van der Waals surface area contributed by atoms with Gasteiger partial charge in [0.15, 0.2) is 0 Å². The monoisotopic (exact) mass is 199 g/mol. The van der Waals surface area contributed by atoms with Crippen LogP contribution in [0.15, 0.2) is 0 Å². The molecule has 1 unspecified atom stereocenters. The van der Waals surface area contributed by atoms with E-state index < -0.39 is 0 Å². The van der Waals surface area contributed by atoms with Crippen LogP contribution in [0.1, 0.15) is 32.6 Å². The Bertz CT molecular complexity index is 124. The van der Waals surface area contributed by atoms with Crippen molar-refractivity contribution in [3.63, 3.8) is 0 Å². The third-order valence-electron chi connectivity index (χ3n) is 2.52. The van der Waals surface area contributed by atoms with Crippen LogP contribution in [0.25, 0.3) is 0 Å². The van der Waals surface area contributed by atoms with E-state index in [0.717, 1.165) is 32.8 Å². The van der Waals surface area contributed by atoms with Gasteiger partial charge in [-0.1, -0.05) is 26.2 Å². The molecule has 1 saturated heterocycles. The second-order valence-corrected chi connectivity index (χ2v) is 3.90. The first-order chi connectivity index (χ1) is 6.93.